The Morgan fingerprint density at radius 1 is 1.25 bits per heavy atom. The molecule has 0 saturated carbocycles. The van der Waals surface area contributed by atoms with E-state index in [4.69, 9.17) is 11.5 Å². The minimum absolute atomic E-state index is 0.0171. The molecule has 1 aromatic heterocycles. The molecule has 0 saturated heterocycles. The van der Waals surface area contributed by atoms with E-state index in [1.165, 1.54) is 24.3 Å². The molecule has 1 aliphatic rings. The Morgan fingerprint density at radius 3 is 2.54 bits per heavy atom. The standard InChI is InChI=1S/C14H12N6O3S/c15-6-9-10-7-18-12(16)11(10)14(21)20(13(9)17)19-24(22,23)8-4-2-1-3-5-8/h1-5,19H,7,17H2,(H2,16,18). The third kappa shape index (κ3) is 2.27. The van der Waals surface area contributed by atoms with Crippen molar-refractivity contribution in [1.82, 2.24) is 4.68 Å². The molecule has 3 rings (SSSR count). The number of aliphatic imine (C=N–C) groups is 1. The highest BCUT2D eigenvalue weighted by Gasteiger charge is 2.27. The Bertz CT molecular complexity index is 1060. The SMILES string of the molecule is N#Cc1c2c(c(=O)n(NS(=O)(=O)c3ccccc3)c1N)C(N)=NC2. The first-order valence-corrected chi connectivity index (χ1v) is 8.20. The molecule has 9 nitrogen and oxygen atoms in total. The van der Waals surface area contributed by atoms with Gasteiger partial charge in [0.25, 0.3) is 15.6 Å². The lowest BCUT2D eigenvalue weighted by molar-refractivity contribution is 0.594. The first kappa shape index (κ1) is 15.6. The second-order valence-electron chi connectivity index (χ2n) is 4.98. The van der Waals surface area contributed by atoms with Gasteiger partial charge >= 0.3 is 0 Å². The number of benzene rings is 1. The highest BCUT2D eigenvalue weighted by Crippen LogP contribution is 2.22. The Balaban J connectivity index is 2.20. The molecule has 0 fully saturated rings. The molecule has 2 heterocycles. The Labute approximate surface area is 136 Å². The Morgan fingerprint density at radius 2 is 1.92 bits per heavy atom. The first-order valence-electron chi connectivity index (χ1n) is 6.72. The zero-order valence-corrected chi connectivity index (χ0v) is 13.0. The van der Waals surface area contributed by atoms with E-state index in [2.05, 4.69) is 9.82 Å². The molecule has 5 N–H and O–H groups in total. The molecular formula is C14H12N6O3S. The highest BCUT2D eigenvalue weighted by molar-refractivity contribution is 7.92. The second kappa shape index (κ2) is 5.39. The fourth-order valence-corrected chi connectivity index (χ4v) is 3.44. The maximum Gasteiger partial charge on any atom is 0.283 e. The number of aromatic nitrogens is 1. The molecule has 0 unspecified atom stereocenters. The molecule has 0 bridgehead atoms. The van der Waals surface area contributed by atoms with E-state index in [-0.39, 0.29) is 34.2 Å². The van der Waals surface area contributed by atoms with Crippen molar-refractivity contribution >= 4 is 21.7 Å². The zero-order chi connectivity index (χ0) is 17.5. The van der Waals surface area contributed by atoms with Crippen LogP contribution in [0.1, 0.15) is 16.7 Å². The Kier molecular flexibility index (Phi) is 3.50. The van der Waals surface area contributed by atoms with Crippen LogP contribution in [0.4, 0.5) is 5.82 Å². The third-order valence-electron chi connectivity index (χ3n) is 3.56. The van der Waals surface area contributed by atoms with E-state index in [1.54, 1.807) is 6.07 Å². The van der Waals surface area contributed by atoms with Gasteiger partial charge in [-0.3, -0.25) is 9.79 Å². The van der Waals surface area contributed by atoms with Crippen LogP contribution >= 0.6 is 0 Å². The minimum atomic E-state index is -4.08. The number of hydrogen-bond donors (Lipinski definition) is 3. The van der Waals surface area contributed by atoms with E-state index in [9.17, 15) is 18.5 Å². The van der Waals surface area contributed by atoms with Crippen LogP contribution in [0.2, 0.25) is 0 Å². The molecule has 0 amide bonds. The fraction of sp³-hybridized carbons (Fsp3) is 0.0714. The molecule has 1 aromatic carbocycles. The van der Waals surface area contributed by atoms with Gasteiger partial charge in [0.2, 0.25) is 0 Å². The van der Waals surface area contributed by atoms with Crippen molar-refractivity contribution in [2.75, 3.05) is 10.6 Å². The average molecular weight is 344 g/mol. The highest BCUT2D eigenvalue weighted by atomic mass is 32.2. The number of rotatable bonds is 3. The molecule has 122 valence electrons. The van der Waals surface area contributed by atoms with E-state index in [0.717, 1.165) is 0 Å². The predicted octanol–water partition coefficient (Wildman–Crippen LogP) is -0.547. The summed E-state index contributed by atoms with van der Waals surface area (Å²) in [6.07, 6.45) is 0. The van der Waals surface area contributed by atoms with Crippen molar-refractivity contribution in [3.05, 3.63) is 57.4 Å². The number of nitriles is 1. The van der Waals surface area contributed by atoms with Crippen molar-refractivity contribution in [3.63, 3.8) is 0 Å². The first-order chi connectivity index (χ1) is 11.4. The van der Waals surface area contributed by atoms with Crippen molar-refractivity contribution in [1.29, 1.82) is 5.26 Å². The van der Waals surface area contributed by atoms with Crippen LogP contribution in [0, 0.1) is 11.3 Å². The summed E-state index contributed by atoms with van der Waals surface area (Å²) in [7, 11) is -4.08. The smallest absolute Gasteiger partial charge is 0.283 e. The average Bonchev–Trinajstić information content (AvgIpc) is 2.94. The van der Waals surface area contributed by atoms with Crippen molar-refractivity contribution in [3.8, 4) is 6.07 Å². The summed E-state index contributed by atoms with van der Waals surface area (Å²) in [4.78, 5) is 18.5. The third-order valence-corrected chi connectivity index (χ3v) is 4.87. The van der Waals surface area contributed by atoms with Crippen LogP contribution in [0.15, 0.2) is 45.0 Å². The lowest BCUT2D eigenvalue weighted by Crippen LogP contribution is -2.39. The predicted molar refractivity (Wildman–Crippen MR) is 87.2 cm³/mol. The van der Waals surface area contributed by atoms with Gasteiger partial charge in [-0.25, -0.2) is 4.83 Å². The second-order valence-corrected chi connectivity index (χ2v) is 6.64. The summed E-state index contributed by atoms with van der Waals surface area (Å²) in [5, 5.41) is 9.29. The maximum absolute atomic E-state index is 12.6. The van der Waals surface area contributed by atoms with Crippen LogP contribution in [0.25, 0.3) is 0 Å². The van der Waals surface area contributed by atoms with Crippen LogP contribution in [0.5, 0.6) is 0 Å². The minimum Gasteiger partial charge on any atom is -0.383 e. The number of pyridine rings is 1. The number of nitrogen functional groups attached to an aromatic ring is 1. The van der Waals surface area contributed by atoms with Gasteiger partial charge < -0.3 is 11.5 Å². The van der Waals surface area contributed by atoms with Crippen LogP contribution in [-0.4, -0.2) is 18.9 Å². The summed E-state index contributed by atoms with van der Waals surface area (Å²) in [5.41, 5.74) is 11.0. The molecule has 10 heteroatoms. The van der Waals surface area contributed by atoms with Crippen molar-refractivity contribution in [2.45, 2.75) is 11.4 Å². The van der Waals surface area contributed by atoms with Gasteiger partial charge in [-0.2, -0.15) is 18.4 Å². The van der Waals surface area contributed by atoms with Crippen LogP contribution in [-0.2, 0) is 16.6 Å². The summed E-state index contributed by atoms with van der Waals surface area (Å²) in [6.45, 7) is 0.0514. The van der Waals surface area contributed by atoms with E-state index >= 15 is 0 Å². The normalized spacial score (nSPS) is 13.0. The Hall–Kier alpha value is -3.32. The number of amidine groups is 1. The lowest BCUT2D eigenvalue weighted by atomic mass is 10.1. The van der Waals surface area contributed by atoms with Gasteiger partial charge in [0.15, 0.2) is 0 Å². The topological polar surface area (TPSA) is 156 Å². The number of sulfonamides is 1. The van der Waals surface area contributed by atoms with Crippen molar-refractivity contribution in [2.24, 2.45) is 10.7 Å². The number of fused-ring (bicyclic) bond motifs is 1. The number of nitrogens with one attached hydrogen (secondary N) is 1. The van der Waals surface area contributed by atoms with Crippen molar-refractivity contribution < 1.29 is 8.42 Å². The molecule has 0 radical (unpaired) electrons. The summed E-state index contributed by atoms with van der Waals surface area (Å²) in [5.74, 6) is -0.371. The van der Waals surface area contributed by atoms with Crippen LogP contribution < -0.4 is 21.9 Å². The van der Waals surface area contributed by atoms with Gasteiger partial charge in [-0.1, -0.05) is 18.2 Å². The number of nitrogens with two attached hydrogens (primary N) is 2. The van der Waals surface area contributed by atoms with Gasteiger partial charge in [0, 0.05) is 5.56 Å². The monoisotopic (exact) mass is 344 g/mol. The summed E-state index contributed by atoms with van der Waals surface area (Å²) >= 11 is 0. The summed E-state index contributed by atoms with van der Waals surface area (Å²) in [6, 6.07) is 9.30. The van der Waals surface area contributed by atoms with E-state index in [1.807, 2.05) is 6.07 Å². The molecule has 0 aliphatic carbocycles. The summed E-state index contributed by atoms with van der Waals surface area (Å²) < 4.78 is 25.4. The number of nitrogens with zero attached hydrogens (tertiary/aromatic N) is 3. The largest absolute Gasteiger partial charge is 0.383 e. The zero-order valence-electron chi connectivity index (χ0n) is 12.2. The molecule has 2 aromatic rings. The van der Waals surface area contributed by atoms with Gasteiger partial charge in [0.1, 0.15) is 23.3 Å². The van der Waals surface area contributed by atoms with E-state index < -0.39 is 15.6 Å². The molecular weight excluding hydrogens is 332 g/mol. The van der Waals surface area contributed by atoms with Gasteiger partial charge in [0.05, 0.1) is 17.0 Å². The molecule has 24 heavy (non-hydrogen) atoms. The lowest BCUT2D eigenvalue weighted by Gasteiger charge is -2.16. The maximum atomic E-state index is 12.6. The number of anilines is 1. The van der Waals surface area contributed by atoms with E-state index in [0.29, 0.717) is 10.2 Å². The molecule has 0 spiro atoms. The quantitative estimate of drug-likeness (QED) is 0.678. The molecule has 0 atom stereocenters. The van der Waals surface area contributed by atoms with Crippen LogP contribution in [0.3, 0.4) is 0 Å². The molecule has 1 aliphatic heterocycles. The number of hydrogen-bond acceptors (Lipinski definition) is 7. The van der Waals surface area contributed by atoms with Gasteiger partial charge in [-0.05, 0) is 12.1 Å². The fourth-order valence-electron chi connectivity index (χ4n) is 2.40. The van der Waals surface area contributed by atoms with Gasteiger partial charge in [-0.15, -0.1) is 0 Å².